The molecular formula is C30H30F6N6O4S. The first kappa shape index (κ1) is 34.4. The Morgan fingerprint density at radius 2 is 1.64 bits per heavy atom. The van der Waals surface area contributed by atoms with E-state index in [1.54, 1.807) is 0 Å². The highest BCUT2D eigenvalue weighted by Gasteiger charge is 2.37. The number of imide groups is 1. The number of nitrogens with zero attached hydrogens (tertiary/aromatic N) is 5. The zero-order chi connectivity index (χ0) is 33.6. The minimum Gasteiger partial charge on any atom is -0.492 e. The van der Waals surface area contributed by atoms with Crippen LogP contribution in [0, 0.1) is 0 Å². The number of tetrazole rings is 1. The Labute approximate surface area is 269 Å². The molecule has 0 aliphatic carbocycles. The maximum Gasteiger partial charge on any atom is 0.416 e. The van der Waals surface area contributed by atoms with E-state index in [0.29, 0.717) is 81.8 Å². The normalized spacial score (nSPS) is 17.2. The third-order valence-corrected chi connectivity index (χ3v) is 8.44. The molecule has 0 bridgehead atoms. The van der Waals surface area contributed by atoms with E-state index in [-0.39, 0.29) is 46.6 Å². The zero-order valence-corrected chi connectivity index (χ0v) is 25.7. The van der Waals surface area contributed by atoms with Crippen molar-refractivity contribution in [2.75, 3.05) is 46.0 Å². The average molecular weight is 685 g/mol. The number of rotatable bonds is 12. The lowest BCUT2D eigenvalue weighted by Crippen LogP contribution is -2.38. The van der Waals surface area contributed by atoms with Crippen molar-refractivity contribution in [3.8, 4) is 16.9 Å². The van der Waals surface area contributed by atoms with Crippen LogP contribution in [-0.4, -0.2) is 87.6 Å². The monoisotopic (exact) mass is 684 g/mol. The molecule has 3 aromatic rings. The van der Waals surface area contributed by atoms with Crippen LogP contribution in [0.1, 0.15) is 41.8 Å². The second-order valence-electron chi connectivity index (χ2n) is 10.8. The van der Waals surface area contributed by atoms with Gasteiger partial charge >= 0.3 is 12.4 Å². The second kappa shape index (κ2) is 14.9. The largest absolute Gasteiger partial charge is 0.492 e. The van der Waals surface area contributed by atoms with Crippen molar-refractivity contribution in [3.63, 3.8) is 0 Å². The molecule has 2 aromatic carbocycles. The minimum atomic E-state index is -5.02. The van der Waals surface area contributed by atoms with Gasteiger partial charge in [-0.25, -0.2) is 0 Å². The number of morpholine rings is 1. The summed E-state index contributed by atoms with van der Waals surface area (Å²) in [4.78, 5) is 29.3. The van der Waals surface area contributed by atoms with E-state index < -0.39 is 34.6 Å². The molecule has 0 atom stereocenters. The SMILES string of the molecule is O=C1S/C(=C\c2cc(-c3cc(C(F)(F)F)cc(C(F)(F)F)c3)ccc2OCCN2CCOCC2)C(=O)N1CCCCCc1nn[nH]n1. The smallest absolute Gasteiger partial charge is 0.416 e. The lowest BCUT2D eigenvalue weighted by Gasteiger charge is -2.26. The van der Waals surface area contributed by atoms with Gasteiger partial charge in [-0.1, -0.05) is 17.7 Å². The molecule has 2 aliphatic heterocycles. The average Bonchev–Trinajstić information content (AvgIpc) is 3.64. The first-order chi connectivity index (χ1) is 22.4. The molecule has 3 heterocycles. The van der Waals surface area contributed by atoms with E-state index in [2.05, 4.69) is 25.5 Å². The third-order valence-electron chi connectivity index (χ3n) is 7.53. The zero-order valence-electron chi connectivity index (χ0n) is 24.9. The van der Waals surface area contributed by atoms with Gasteiger partial charge in [0.05, 0.1) is 29.2 Å². The van der Waals surface area contributed by atoms with Crippen LogP contribution in [0.5, 0.6) is 5.75 Å². The number of alkyl halides is 6. The summed E-state index contributed by atoms with van der Waals surface area (Å²) in [5.74, 6) is 0.253. The highest BCUT2D eigenvalue weighted by Crippen LogP contribution is 2.40. The van der Waals surface area contributed by atoms with Gasteiger partial charge in [-0.3, -0.25) is 19.4 Å². The molecule has 2 aliphatic rings. The Kier molecular flexibility index (Phi) is 10.9. The lowest BCUT2D eigenvalue weighted by molar-refractivity contribution is -0.143. The number of thioether (sulfide) groups is 1. The Morgan fingerprint density at radius 1 is 0.915 bits per heavy atom. The molecule has 2 saturated heterocycles. The number of aryl methyl sites for hydroxylation is 1. The van der Waals surface area contributed by atoms with Gasteiger partial charge in [-0.2, -0.15) is 31.6 Å². The maximum atomic E-state index is 13.6. The highest BCUT2D eigenvalue weighted by atomic mass is 32.2. The van der Waals surface area contributed by atoms with E-state index in [4.69, 9.17) is 9.47 Å². The standard InChI is InChI=1S/C30H30F6N6O4S/c31-29(32,33)22-15-20(16-23(18-22)30(34,35)36)19-5-6-24(46-13-10-41-8-11-45-12-9-41)21(14-19)17-25-27(43)42(28(44)47-25)7-3-1-2-4-26-37-39-40-38-26/h5-6,14-18H,1-4,7-13H2,(H,37,38,39,40)/b25-17-. The number of ether oxygens (including phenoxy) is 2. The first-order valence-electron chi connectivity index (χ1n) is 14.7. The van der Waals surface area contributed by atoms with Gasteiger partial charge in [0, 0.05) is 38.2 Å². The number of benzene rings is 2. The highest BCUT2D eigenvalue weighted by molar-refractivity contribution is 8.18. The molecule has 0 radical (unpaired) electrons. The fourth-order valence-electron chi connectivity index (χ4n) is 5.06. The van der Waals surface area contributed by atoms with Crippen molar-refractivity contribution in [1.82, 2.24) is 30.4 Å². The molecule has 0 spiro atoms. The molecule has 1 aromatic heterocycles. The number of aromatic amines is 1. The second-order valence-corrected chi connectivity index (χ2v) is 11.8. The Morgan fingerprint density at radius 3 is 2.30 bits per heavy atom. The van der Waals surface area contributed by atoms with E-state index in [1.165, 1.54) is 24.3 Å². The van der Waals surface area contributed by atoms with E-state index in [1.807, 2.05) is 0 Å². The van der Waals surface area contributed by atoms with Crippen LogP contribution in [0.2, 0.25) is 0 Å². The van der Waals surface area contributed by atoms with Gasteiger partial charge in [0.1, 0.15) is 12.4 Å². The van der Waals surface area contributed by atoms with Crippen molar-refractivity contribution in [3.05, 3.63) is 63.8 Å². The molecular weight excluding hydrogens is 654 g/mol. The molecule has 1 N–H and O–H groups in total. The van der Waals surface area contributed by atoms with Crippen molar-refractivity contribution in [2.45, 2.75) is 38.0 Å². The Balaban J connectivity index is 1.39. The molecule has 0 saturated carbocycles. The fourth-order valence-corrected chi connectivity index (χ4v) is 5.91. The predicted octanol–water partition coefficient (Wildman–Crippen LogP) is 6.06. The van der Waals surface area contributed by atoms with Crippen LogP contribution in [0.3, 0.4) is 0 Å². The summed E-state index contributed by atoms with van der Waals surface area (Å²) in [6.45, 7) is 3.48. The maximum absolute atomic E-state index is 13.6. The van der Waals surface area contributed by atoms with Crippen LogP contribution in [0.25, 0.3) is 17.2 Å². The van der Waals surface area contributed by atoms with E-state index in [0.717, 1.165) is 11.3 Å². The molecule has 2 amide bonds. The molecule has 17 heteroatoms. The summed E-state index contributed by atoms with van der Waals surface area (Å²) in [5.41, 5.74) is -2.97. The summed E-state index contributed by atoms with van der Waals surface area (Å²) < 4.78 is 92.8. The number of H-pyrrole nitrogens is 1. The number of hydrogen-bond donors (Lipinski definition) is 1. The number of amides is 2. The number of carbonyl (C=O) groups is 2. The summed E-state index contributed by atoms with van der Waals surface area (Å²) in [6, 6.07) is 5.49. The quantitative estimate of drug-likeness (QED) is 0.138. The molecule has 47 heavy (non-hydrogen) atoms. The van der Waals surface area contributed by atoms with E-state index in [9.17, 15) is 35.9 Å². The van der Waals surface area contributed by atoms with Crippen molar-refractivity contribution in [1.29, 1.82) is 0 Å². The van der Waals surface area contributed by atoms with Crippen LogP contribution in [-0.2, 0) is 28.3 Å². The van der Waals surface area contributed by atoms with Gasteiger partial charge < -0.3 is 9.47 Å². The molecule has 5 rings (SSSR count). The van der Waals surface area contributed by atoms with Crippen molar-refractivity contribution < 1.29 is 45.4 Å². The topological polar surface area (TPSA) is 114 Å². The number of carbonyl (C=O) groups excluding carboxylic acids is 2. The third kappa shape index (κ3) is 9.10. The van der Waals surface area contributed by atoms with E-state index >= 15 is 0 Å². The van der Waals surface area contributed by atoms with Crippen LogP contribution in [0.4, 0.5) is 31.1 Å². The van der Waals surface area contributed by atoms with Crippen molar-refractivity contribution >= 4 is 29.0 Å². The number of unbranched alkanes of at least 4 members (excludes halogenated alkanes) is 2. The van der Waals surface area contributed by atoms with Crippen LogP contribution < -0.4 is 4.74 Å². The van der Waals surface area contributed by atoms with Gasteiger partial charge in [0.25, 0.3) is 11.1 Å². The van der Waals surface area contributed by atoms with Crippen LogP contribution >= 0.6 is 11.8 Å². The predicted molar refractivity (Wildman–Crippen MR) is 159 cm³/mol. The number of hydrogen-bond acceptors (Lipinski definition) is 9. The van der Waals surface area contributed by atoms with Crippen molar-refractivity contribution in [2.24, 2.45) is 0 Å². The summed E-state index contributed by atoms with van der Waals surface area (Å²) >= 11 is 0.698. The summed E-state index contributed by atoms with van der Waals surface area (Å²) in [5, 5.41) is 13.1. The summed E-state index contributed by atoms with van der Waals surface area (Å²) in [6.07, 6.45) is -6.14. The molecule has 2 fully saturated rings. The lowest BCUT2D eigenvalue weighted by atomic mass is 9.97. The number of halogens is 6. The Bertz CT molecular complexity index is 1560. The number of aromatic nitrogens is 4. The number of nitrogens with one attached hydrogen (secondary N) is 1. The van der Waals surface area contributed by atoms with Gasteiger partial charge in [-0.05, 0) is 72.1 Å². The minimum absolute atomic E-state index is 0.0363. The molecule has 252 valence electrons. The van der Waals surface area contributed by atoms with Crippen LogP contribution in [0.15, 0.2) is 41.3 Å². The summed E-state index contributed by atoms with van der Waals surface area (Å²) in [7, 11) is 0. The fraction of sp³-hybridized carbons (Fsp3) is 0.433. The van der Waals surface area contributed by atoms with Gasteiger partial charge in [-0.15, -0.1) is 10.2 Å². The Hall–Kier alpha value is -3.96. The first-order valence-corrected chi connectivity index (χ1v) is 15.5. The molecule has 10 nitrogen and oxygen atoms in total. The van der Waals surface area contributed by atoms with Gasteiger partial charge in [0.15, 0.2) is 5.82 Å². The van der Waals surface area contributed by atoms with Gasteiger partial charge in [0.2, 0.25) is 0 Å². The molecule has 0 unspecified atom stereocenters.